The third-order valence-corrected chi connectivity index (χ3v) is 3.70. The lowest BCUT2D eigenvalue weighted by molar-refractivity contribution is -0.146. The number of benzene rings is 2. The van der Waals surface area contributed by atoms with E-state index in [1.807, 2.05) is 6.07 Å². The fourth-order valence-corrected chi connectivity index (χ4v) is 2.21. The van der Waals surface area contributed by atoms with Crippen molar-refractivity contribution in [3.05, 3.63) is 71.3 Å². The van der Waals surface area contributed by atoms with Crippen molar-refractivity contribution in [3.8, 4) is 0 Å². The van der Waals surface area contributed by atoms with Crippen LogP contribution in [-0.4, -0.2) is 31.1 Å². The Bertz CT molecular complexity index is 703. The molecule has 0 aromatic heterocycles. The molecule has 0 heterocycles. The normalized spacial score (nSPS) is 13.1. The van der Waals surface area contributed by atoms with Crippen molar-refractivity contribution in [1.82, 2.24) is 0 Å². The van der Waals surface area contributed by atoms with Gasteiger partial charge < -0.3 is 10.5 Å². The first-order valence-corrected chi connectivity index (χ1v) is 7.73. The summed E-state index contributed by atoms with van der Waals surface area (Å²) in [4.78, 5) is 24.5. The number of ether oxygens (including phenoxy) is 1. The summed E-state index contributed by atoms with van der Waals surface area (Å²) in [5.74, 6) is -1.26. The van der Waals surface area contributed by atoms with Gasteiger partial charge in [0.2, 0.25) is 0 Å². The molecule has 0 fully saturated rings. The predicted octanol–water partition coefficient (Wildman–Crippen LogP) is 2.86. The topological polar surface area (TPSA) is 69.4 Å². The highest BCUT2D eigenvalue weighted by Gasteiger charge is 2.20. The van der Waals surface area contributed by atoms with Gasteiger partial charge in [0.25, 0.3) is 0 Å². The number of esters is 1. The molecular formula is C19H20FNO3. The molecule has 4 nitrogen and oxygen atoms in total. The molecule has 2 atom stereocenters. The number of carbonyl (C=O) groups excluding carboxylic acids is 2. The van der Waals surface area contributed by atoms with Crippen molar-refractivity contribution >= 4 is 11.8 Å². The molecule has 0 aliphatic rings. The molecule has 0 saturated heterocycles. The molecule has 2 N–H and O–H groups in total. The molecule has 2 rings (SSSR count). The largest absolute Gasteiger partial charge is 0.462 e. The Hall–Kier alpha value is -2.53. The zero-order valence-corrected chi connectivity index (χ0v) is 13.4. The van der Waals surface area contributed by atoms with Crippen molar-refractivity contribution in [2.75, 3.05) is 13.2 Å². The summed E-state index contributed by atoms with van der Waals surface area (Å²) in [6, 6.07) is 15.7. The molecule has 0 radical (unpaired) electrons. The van der Waals surface area contributed by atoms with Gasteiger partial charge in [-0.15, -0.1) is 0 Å². The molecule has 0 saturated carbocycles. The zero-order chi connectivity index (χ0) is 17.5. The Morgan fingerprint density at radius 3 is 2.42 bits per heavy atom. The number of carbonyl (C=O) groups is 2. The molecule has 126 valence electrons. The monoisotopic (exact) mass is 329 g/mol. The minimum Gasteiger partial charge on any atom is -0.462 e. The molecule has 2 aromatic rings. The number of rotatable bonds is 7. The SMILES string of the molecule is CC(C(=O)OCC(F)CN)c1cccc(C(=O)c2ccccc2)c1. The Balaban J connectivity index is 2.12. The Kier molecular flexibility index (Phi) is 6.21. The lowest BCUT2D eigenvalue weighted by atomic mass is 9.96. The molecule has 0 aliphatic heterocycles. The van der Waals surface area contributed by atoms with Crippen LogP contribution in [0.3, 0.4) is 0 Å². The van der Waals surface area contributed by atoms with E-state index in [2.05, 4.69) is 0 Å². The van der Waals surface area contributed by atoms with Gasteiger partial charge in [-0.1, -0.05) is 48.5 Å². The predicted molar refractivity (Wildman–Crippen MR) is 89.6 cm³/mol. The van der Waals surface area contributed by atoms with Crippen LogP contribution in [0, 0.1) is 0 Å². The molecular weight excluding hydrogens is 309 g/mol. The third kappa shape index (κ3) is 4.49. The van der Waals surface area contributed by atoms with Crippen LogP contribution in [0.2, 0.25) is 0 Å². The maximum Gasteiger partial charge on any atom is 0.313 e. The van der Waals surface area contributed by atoms with Crippen LogP contribution in [0.4, 0.5) is 4.39 Å². The minimum atomic E-state index is -1.37. The van der Waals surface area contributed by atoms with Crippen LogP contribution in [0.5, 0.6) is 0 Å². The number of nitrogens with two attached hydrogens (primary N) is 1. The van der Waals surface area contributed by atoms with Crippen LogP contribution >= 0.6 is 0 Å². The lowest BCUT2D eigenvalue weighted by Crippen LogP contribution is -2.24. The van der Waals surface area contributed by atoms with E-state index in [4.69, 9.17) is 10.5 Å². The summed E-state index contributed by atoms with van der Waals surface area (Å²) < 4.78 is 18.0. The van der Waals surface area contributed by atoms with Gasteiger partial charge in [0.05, 0.1) is 5.92 Å². The second-order valence-corrected chi connectivity index (χ2v) is 5.51. The van der Waals surface area contributed by atoms with Crippen molar-refractivity contribution in [1.29, 1.82) is 0 Å². The van der Waals surface area contributed by atoms with Crippen molar-refractivity contribution < 1.29 is 18.7 Å². The third-order valence-electron chi connectivity index (χ3n) is 3.70. The van der Waals surface area contributed by atoms with E-state index in [0.29, 0.717) is 16.7 Å². The van der Waals surface area contributed by atoms with E-state index in [1.165, 1.54) is 0 Å². The molecule has 0 spiro atoms. The van der Waals surface area contributed by atoms with E-state index < -0.39 is 18.1 Å². The Labute approximate surface area is 140 Å². The maximum absolute atomic E-state index is 13.1. The van der Waals surface area contributed by atoms with Gasteiger partial charge in [-0.25, -0.2) is 4.39 Å². The second-order valence-electron chi connectivity index (χ2n) is 5.51. The van der Waals surface area contributed by atoms with Gasteiger partial charge in [-0.2, -0.15) is 0 Å². The summed E-state index contributed by atoms with van der Waals surface area (Å²) >= 11 is 0. The van der Waals surface area contributed by atoms with Crippen LogP contribution in [0.25, 0.3) is 0 Å². The van der Waals surface area contributed by atoms with Crippen LogP contribution in [0.15, 0.2) is 54.6 Å². The Morgan fingerprint density at radius 1 is 1.08 bits per heavy atom. The van der Waals surface area contributed by atoms with Gasteiger partial charge in [0.1, 0.15) is 12.8 Å². The summed E-state index contributed by atoms with van der Waals surface area (Å²) in [6.45, 7) is 1.11. The number of ketones is 1. The molecule has 0 bridgehead atoms. The summed E-state index contributed by atoms with van der Waals surface area (Å²) in [5, 5.41) is 0. The van der Waals surface area contributed by atoms with Crippen LogP contribution in [-0.2, 0) is 9.53 Å². The highest BCUT2D eigenvalue weighted by Crippen LogP contribution is 2.20. The maximum atomic E-state index is 13.1. The van der Waals surface area contributed by atoms with E-state index >= 15 is 0 Å². The van der Waals surface area contributed by atoms with Crippen molar-refractivity contribution in [3.63, 3.8) is 0 Å². The van der Waals surface area contributed by atoms with Gasteiger partial charge in [0, 0.05) is 17.7 Å². The van der Waals surface area contributed by atoms with Gasteiger partial charge in [-0.05, 0) is 18.6 Å². The summed E-state index contributed by atoms with van der Waals surface area (Å²) in [5.41, 5.74) is 6.86. The minimum absolute atomic E-state index is 0.120. The van der Waals surface area contributed by atoms with Crippen LogP contribution in [0.1, 0.15) is 34.3 Å². The van der Waals surface area contributed by atoms with Crippen LogP contribution < -0.4 is 5.73 Å². The quantitative estimate of drug-likeness (QED) is 0.626. The number of hydrogen-bond donors (Lipinski definition) is 1. The first kappa shape index (κ1) is 17.8. The van der Waals surface area contributed by atoms with Gasteiger partial charge in [-0.3, -0.25) is 9.59 Å². The smallest absolute Gasteiger partial charge is 0.313 e. The van der Waals surface area contributed by atoms with Crippen molar-refractivity contribution in [2.24, 2.45) is 5.73 Å². The highest BCUT2D eigenvalue weighted by atomic mass is 19.1. The number of hydrogen-bond acceptors (Lipinski definition) is 4. The molecule has 5 heteroatoms. The summed E-state index contributed by atoms with van der Waals surface area (Å²) in [6.07, 6.45) is -1.37. The van der Waals surface area contributed by atoms with E-state index in [0.717, 1.165) is 0 Å². The lowest BCUT2D eigenvalue weighted by Gasteiger charge is -2.14. The molecule has 0 amide bonds. The first-order valence-electron chi connectivity index (χ1n) is 7.73. The zero-order valence-electron chi connectivity index (χ0n) is 13.4. The first-order chi connectivity index (χ1) is 11.5. The number of alkyl halides is 1. The molecule has 24 heavy (non-hydrogen) atoms. The van der Waals surface area contributed by atoms with E-state index in [1.54, 1.807) is 55.5 Å². The molecule has 2 aromatic carbocycles. The van der Waals surface area contributed by atoms with Gasteiger partial charge in [0.15, 0.2) is 5.78 Å². The number of halogens is 1. The van der Waals surface area contributed by atoms with E-state index in [9.17, 15) is 14.0 Å². The fraction of sp³-hybridized carbons (Fsp3) is 0.263. The summed E-state index contributed by atoms with van der Waals surface area (Å²) in [7, 11) is 0. The standard InChI is InChI=1S/C19H20FNO3/c1-13(19(23)24-12-17(20)11-21)15-8-5-9-16(10-15)18(22)14-6-3-2-4-7-14/h2-10,13,17H,11-12,21H2,1H3. The molecule has 2 unspecified atom stereocenters. The van der Waals surface area contributed by atoms with Crippen molar-refractivity contribution in [2.45, 2.75) is 19.0 Å². The Morgan fingerprint density at radius 2 is 1.75 bits per heavy atom. The van der Waals surface area contributed by atoms with E-state index in [-0.39, 0.29) is 18.9 Å². The highest BCUT2D eigenvalue weighted by molar-refractivity contribution is 6.09. The average molecular weight is 329 g/mol. The second kappa shape index (κ2) is 8.36. The fourth-order valence-electron chi connectivity index (χ4n) is 2.21. The average Bonchev–Trinajstić information content (AvgIpc) is 2.65. The molecule has 0 aliphatic carbocycles. The van der Waals surface area contributed by atoms with Gasteiger partial charge >= 0.3 is 5.97 Å².